The van der Waals surface area contributed by atoms with Gasteiger partial charge in [-0.05, 0) is 79.7 Å². The first-order valence-corrected chi connectivity index (χ1v) is 18.2. The van der Waals surface area contributed by atoms with Crippen LogP contribution in [0.25, 0.3) is 0 Å². The Hall–Kier alpha value is 0.210. The highest BCUT2D eigenvalue weighted by Crippen LogP contribution is 2.65. The van der Waals surface area contributed by atoms with Gasteiger partial charge < -0.3 is 0 Å². The smallest absolute Gasteiger partial charge is 0.0186 e. The zero-order valence-corrected chi connectivity index (χ0v) is 23.4. The molecule has 0 saturated heterocycles. The lowest BCUT2D eigenvalue weighted by molar-refractivity contribution is 0.481. The van der Waals surface area contributed by atoms with E-state index in [1.165, 1.54) is 77.0 Å². The van der Waals surface area contributed by atoms with Crippen LogP contribution in [0.5, 0.6) is 0 Å². The van der Waals surface area contributed by atoms with Gasteiger partial charge in [-0.15, -0.1) is 18.8 Å². The normalized spacial score (nSPS) is 26.3. The van der Waals surface area contributed by atoms with Crippen LogP contribution in [-0.2, 0) is 0 Å². The zero-order chi connectivity index (χ0) is 22.5. The third kappa shape index (κ3) is 5.96. The molecule has 2 heteroatoms. The fraction of sp³-hybridized carbons (Fsp3) is 0.839. The maximum Gasteiger partial charge on any atom is -0.0186 e. The Morgan fingerprint density at radius 3 is 1.42 bits per heavy atom. The minimum absolute atomic E-state index is 0.0424. The van der Waals surface area contributed by atoms with Crippen LogP contribution >= 0.6 is 15.8 Å². The minimum Gasteiger partial charge on any atom is -0.213 e. The van der Waals surface area contributed by atoms with E-state index in [1.807, 2.05) is 10.9 Å². The minimum atomic E-state index is 0.0424. The van der Waals surface area contributed by atoms with Crippen molar-refractivity contribution in [2.75, 3.05) is 0 Å². The van der Waals surface area contributed by atoms with Gasteiger partial charge in [0.05, 0.1) is 0 Å². The van der Waals surface area contributed by atoms with Gasteiger partial charge >= 0.3 is 0 Å². The molecule has 4 aliphatic rings. The molecule has 0 radical (unpaired) electrons. The summed E-state index contributed by atoms with van der Waals surface area (Å²) in [5.74, 6) is 0. The summed E-state index contributed by atoms with van der Waals surface area (Å²) in [7, 11) is 0.168. The number of hydrogen-bond donors (Lipinski definition) is 0. The molecular formula is C31H51P2-. The van der Waals surface area contributed by atoms with Crippen LogP contribution in [0.15, 0.2) is 18.2 Å². The van der Waals surface area contributed by atoms with E-state index in [4.69, 9.17) is 0 Å². The molecule has 0 aromatic heterocycles. The van der Waals surface area contributed by atoms with Crippen LogP contribution in [0.2, 0.25) is 0 Å². The van der Waals surface area contributed by atoms with E-state index in [-0.39, 0.29) is 15.8 Å². The molecule has 4 aliphatic carbocycles. The maximum atomic E-state index is 2.73. The largest absolute Gasteiger partial charge is 0.213 e. The van der Waals surface area contributed by atoms with Crippen LogP contribution in [0.3, 0.4) is 0 Å². The van der Waals surface area contributed by atoms with Gasteiger partial charge in [-0.1, -0.05) is 91.9 Å². The van der Waals surface area contributed by atoms with Crippen LogP contribution < -0.4 is 5.30 Å². The molecule has 1 aromatic rings. The summed E-state index contributed by atoms with van der Waals surface area (Å²) in [4.78, 5) is 0. The quantitative estimate of drug-likeness (QED) is 0.266. The van der Waals surface area contributed by atoms with Crippen molar-refractivity contribution in [3.05, 3.63) is 23.8 Å². The fourth-order valence-corrected chi connectivity index (χ4v) is 16.8. The molecule has 33 heavy (non-hydrogen) atoms. The molecule has 5 rings (SSSR count). The highest BCUT2D eigenvalue weighted by atomic mass is 31.1. The van der Waals surface area contributed by atoms with Gasteiger partial charge in [-0.3, -0.25) is 0 Å². The van der Waals surface area contributed by atoms with Crippen molar-refractivity contribution in [3.8, 4) is 0 Å². The molecule has 0 aliphatic heterocycles. The van der Waals surface area contributed by atoms with E-state index in [2.05, 4.69) is 25.1 Å². The predicted molar refractivity (Wildman–Crippen MR) is 151 cm³/mol. The highest BCUT2D eigenvalue weighted by molar-refractivity contribution is 7.67. The van der Waals surface area contributed by atoms with E-state index in [9.17, 15) is 0 Å². The first kappa shape index (κ1) is 24.9. The van der Waals surface area contributed by atoms with Gasteiger partial charge in [0.25, 0.3) is 0 Å². The van der Waals surface area contributed by atoms with E-state index >= 15 is 0 Å². The molecule has 1 aromatic carbocycles. The number of rotatable bonds is 7. The van der Waals surface area contributed by atoms with Crippen molar-refractivity contribution in [2.24, 2.45) is 0 Å². The lowest BCUT2D eigenvalue weighted by Gasteiger charge is -2.46. The lowest BCUT2D eigenvalue weighted by atomic mass is 9.99. The molecule has 186 valence electrons. The van der Waals surface area contributed by atoms with E-state index < -0.39 is 0 Å². The standard InChI is InChI=1S/C31H51P2/c1-25(32(26-15-6-2-7-16-26)27-17-8-3-9-18-27)30-23-14-24-31(30)33(28-19-10-4-11-20-28)29-21-12-5-13-22-29/h14,23-29H,2-13,15-22H2,1H3/q-1. The van der Waals surface area contributed by atoms with Crippen LogP contribution in [0.1, 0.15) is 147 Å². The van der Waals surface area contributed by atoms with E-state index in [1.54, 1.807) is 51.4 Å². The van der Waals surface area contributed by atoms with Gasteiger partial charge in [0.1, 0.15) is 0 Å². The molecule has 1 atom stereocenters. The third-order valence-corrected chi connectivity index (χ3v) is 17.4. The average molecular weight is 486 g/mol. The Morgan fingerprint density at radius 1 is 0.606 bits per heavy atom. The van der Waals surface area contributed by atoms with Gasteiger partial charge in [0.15, 0.2) is 0 Å². The van der Waals surface area contributed by atoms with Crippen molar-refractivity contribution in [2.45, 2.75) is 164 Å². The Morgan fingerprint density at radius 2 is 1.00 bits per heavy atom. The van der Waals surface area contributed by atoms with Crippen molar-refractivity contribution in [1.29, 1.82) is 0 Å². The number of hydrogen-bond acceptors (Lipinski definition) is 0. The lowest BCUT2D eigenvalue weighted by Crippen LogP contribution is -2.28. The van der Waals surface area contributed by atoms with Crippen molar-refractivity contribution in [1.82, 2.24) is 0 Å². The molecule has 4 saturated carbocycles. The Bertz CT molecular complexity index is 648. The fourth-order valence-electron chi connectivity index (χ4n) is 8.27. The molecule has 0 N–H and O–H groups in total. The molecule has 0 nitrogen and oxygen atoms in total. The SMILES string of the molecule is CC([c-]1cccc1P(C1CCCCC1)C1CCCCC1)P(C1CCCCC1)C1CCCCC1. The monoisotopic (exact) mass is 485 g/mol. The third-order valence-electron chi connectivity index (χ3n) is 9.93. The summed E-state index contributed by atoms with van der Waals surface area (Å²) >= 11 is 0. The summed E-state index contributed by atoms with van der Waals surface area (Å²) in [5, 5.41) is 1.93. The zero-order valence-electron chi connectivity index (χ0n) is 21.7. The Labute approximate surface area is 208 Å². The first-order chi connectivity index (χ1) is 16.3. The molecule has 4 fully saturated rings. The molecule has 1 unspecified atom stereocenters. The van der Waals surface area contributed by atoms with Gasteiger partial charge in [-0.25, -0.2) is 12.1 Å². The molecule has 0 amide bonds. The van der Waals surface area contributed by atoms with Gasteiger partial charge in [0.2, 0.25) is 0 Å². The second kappa shape index (κ2) is 12.4. The average Bonchev–Trinajstić information content (AvgIpc) is 3.36. The molecule has 0 spiro atoms. The second-order valence-electron chi connectivity index (χ2n) is 12.1. The summed E-state index contributed by atoms with van der Waals surface area (Å²) in [5.41, 5.74) is 6.96. The molecule has 0 bridgehead atoms. The van der Waals surface area contributed by atoms with Gasteiger partial charge in [0, 0.05) is 0 Å². The topological polar surface area (TPSA) is 0 Å². The first-order valence-electron chi connectivity index (χ1n) is 15.1. The van der Waals surface area contributed by atoms with Crippen LogP contribution in [0, 0.1) is 0 Å². The van der Waals surface area contributed by atoms with Gasteiger partial charge in [-0.2, -0.15) is 6.07 Å². The Kier molecular flexibility index (Phi) is 9.38. The van der Waals surface area contributed by atoms with E-state index in [0.29, 0.717) is 0 Å². The summed E-state index contributed by atoms with van der Waals surface area (Å²) in [6, 6.07) is 7.80. The van der Waals surface area contributed by atoms with E-state index in [0.717, 1.165) is 28.3 Å². The summed E-state index contributed by atoms with van der Waals surface area (Å²) < 4.78 is 0. The summed E-state index contributed by atoms with van der Waals surface area (Å²) in [6.07, 6.45) is 30.6. The van der Waals surface area contributed by atoms with Crippen molar-refractivity contribution in [3.63, 3.8) is 0 Å². The second-order valence-corrected chi connectivity index (χ2v) is 18.0. The van der Waals surface area contributed by atoms with Crippen molar-refractivity contribution < 1.29 is 0 Å². The highest BCUT2D eigenvalue weighted by Gasteiger charge is 2.36. The predicted octanol–water partition coefficient (Wildman–Crippen LogP) is 10.4. The van der Waals surface area contributed by atoms with Crippen molar-refractivity contribution >= 4 is 21.1 Å². The van der Waals surface area contributed by atoms with Crippen LogP contribution in [0.4, 0.5) is 0 Å². The van der Waals surface area contributed by atoms with Crippen LogP contribution in [-0.4, -0.2) is 22.6 Å². The molecule has 0 heterocycles. The summed E-state index contributed by atoms with van der Waals surface area (Å²) in [6.45, 7) is 2.73. The molecular weight excluding hydrogens is 434 g/mol. The Balaban J connectivity index is 1.44. The maximum absolute atomic E-state index is 2.73.